The Hall–Kier alpha value is -0.120. The second-order valence-corrected chi connectivity index (χ2v) is 4.71. The van der Waals surface area contributed by atoms with E-state index in [0.29, 0.717) is 6.10 Å². The first-order chi connectivity index (χ1) is 7.13. The van der Waals surface area contributed by atoms with Gasteiger partial charge in [-0.3, -0.25) is 4.90 Å². The molecule has 1 aliphatic heterocycles. The van der Waals surface area contributed by atoms with Gasteiger partial charge in [0.2, 0.25) is 0 Å². The molecular formula is C12H26N2O. The second-order valence-electron chi connectivity index (χ2n) is 4.71. The van der Waals surface area contributed by atoms with E-state index in [-0.39, 0.29) is 5.54 Å². The molecule has 0 aromatic rings. The molecule has 0 saturated carbocycles. The first-order valence-corrected chi connectivity index (χ1v) is 6.26. The summed E-state index contributed by atoms with van der Waals surface area (Å²) < 4.78 is 5.66. The lowest BCUT2D eigenvalue weighted by atomic mass is 9.93. The van der Waals surface area contributed by atoms with Crippen LogP contribution >= 0.6 is 0 Å². The normalized spacial score (nSPS) is 24.4. The molecule has 0 bridgehead atoms. The molecule has 1 unspecified atom stereocenters. The van der Waals surface area contributed by atoms with Gasteiger partial charge in [-0.15, -0.1) is 0 Å². The molecule has 1 atom stereocenters. The van der Waals surface area contributed by atoms with Gasteiger partial charge in [-0.05, 0) is 19.3 Å². The fourth-order valence-corrected chi connectivity index (χ4v) is 2.09. The van der Waals surface area contributed by atoms with E-state index in [1.807, 2.05) is 0 Å². The predicted octanol–water partition coefficient (Wildman–Crippen LogP) is 1.61. The van der Waals surface area contributed by atoms with E-state index < -0.39 is 0 Å². The van der Waals surface area contributed by atoms with Crippen molar-refractivity contribution in [2.24, 2.45) is 5.73 Å². The van der Waals surface area contributed by atoms with Crippen LogP contribution in [0, 0.1) is 0 Å². The molecule has 2 N–H and O–H groups in total. The van der Waals surface area contributed by atoms with Gasteiger partial charge in [0.15, 0.2) is 0 Å². The molecule has 0 amide bonds. The molecule has 0 spiro atoms. The molecule has 1 aliphatic rings. The molecule has 90 valence electrons. The zero-order valence-corrected chi connectivity index (χ0v) is 10.5. The summed E-state index contributed by atoms with van der Waals surface area (Å²) in [5.74, 6) is 0. The largest absolute Gasteiger partial charge is 0.376 e. The lowest BCUT2D eigenvalue weighted by Crippen LogP contribution is -2.53. The van der Waals surface area contributed by atoms with Gasteiger partial charge >= 0.3 is 0 Å². The van der Waals surface area contributed by atoms with Crippen molar-refractivity contribution in [2.75, 3.05) is 26.2 Å². The van der Waals surface area contributed by atoms with Crippen LogP contribution in [0.15, 0.2) is 0 Å². The highest BCUT2D eigenvalue weighted by Gasteiger charge is 2.27. The first-order valence-electron chi connectivity index (χ1n) is 6.26. The van der Waals surface area contributed by atoms with Crippen LogP contribution in [0.2, 0.25) is 0 Å². The average molecular weight is 214 g/mol. The number of ether oxygens (including phenoxy) is 1. The minimum atomic E-state index is -0.00433. The Morgan fingerprint density at radius 3 is 2.53 bits per heavy atom. The van der Waals surface area contributed by atoms with Crippen LogP contribution in [0.4, 0.5) is 0 Å². The molecule has 3 nitrogen and oxygen atoms in total. The monoisotopic (exact) mass is 214 g/mol. The highest BCUT2D eigenvalue weighted by atomic mass is 16.5. The van der Waals surface area contributed by atoms with Crippen LogP contribution in [0.25, 0.3) is 0 Å². The zero-order chi connectivity index (χ0) is 11.3. The van der Waals surface area contributed by atoms with E-state index in [4.69, 9.17) is 10.5 Å². The van der Waals surface area contributed by atoms with E-state index in [2.05, 4.69) is 25.7 Å². The number of nitrogens with two attached hydrogens (primary N) is 1. The highest BCUT2D eigenvalue weighted by Crippen LogP contribution is 2.16. The van der Waals surface area contributed by atoms with Gasteiger partial charge < -0.3 is 10.5 Å². The number of hydrogen-bond donors (Lipinski definition) is 1. The Balaban J connectivity index is 2.43. The van der Waals surface area contributed by atoms with Gasteiger partial charge in [0.25, 0.3) is 0 Å². The summed E-state index contributed by atoms with van der Waals surface area (Å²) in [4.78, 5) is 2.46. The van der Waals surface area contributed by atoms with E-state index in [1.165, 1.54) is 0 Å². The van der Waals surface area contributed by atoms with E-state index in [0.717, 1.165) is 45.5 Å². The molecule has 0 aromatic carbocycles. The fraction of sp³-hybridized carbons (Fsp3) is 1.00. The van der Waals surface area contributed by atoms with Gasteiger partial charge in [-0.2, -0.15) is 0 Å². The molecule has 0 radical (unpaired) electrons. The van der Waals surface area contributed by atoms with Crippen molar-refractivity contribution in [1.82, 2.24) is 4.90 Å². The quantitative estimate of drug-likeness (QED) is 0.755. The fourth-order valence-electron chi connectivity index (χ4n) is 2.09. The van der Waals surface area contributed by atoms with Gasteiger partial charge in [0.1, 0.15) is 0 Å². The van der Waals surface area contributed by atoms with Crippen molar-refractivity contribution in [1.29, 1.82) is 0 Å². The molecule has 1 fully saturated rings. The predicted molar refractivity (Wildman–Crippen MR) is 64.0 cm³/mol. The maximum absolute atomic E-state index is 6.33. The lowest BCUT2D eigenvalue weighted by molar-refractivity contribution is -0.0362. The van der Waals surface area contributed by atoms with Gasteiger partial charge in [-0.1, -0.05) is 20.8 Å². The van der Waals surface area contributed by atoms with Crippen LogP contribution in [-0.4, -0.2) is 42.8 Å². The third-order valence-electron chi connectivity index (χ3n) is 3.62. The summed E-state index contributed by atoms with van der Waals surface area (Å²) in [5, 5.41) is 0. The zero-order valence-electron chi connectivity index (χ0n) is 10.5. The number of morpholine rings is 1. The van der Waals surface area contributed by atoms with Crippen molar-refractivity contribution in [2.45, 2.75) is 51.7 Å². The highest BCUT2D eigenvalue weighted by molar-refractivity contribution is 4.86. The van der Waals surface area contributed by atoms with Crippen LogP contribution in [0.1, 0.15) is 40.0 Å². The summed E-state index contributed by atoms with van der Waals surface area (Å²) in [7, 11) is 0. The Morgan fingerprint density at radius 1 is 1.33 bits per heavy atom. The molecule has 1 rings (SSSR count). The van der Waals surface area contributed by atoms with Crippen molar-refractivity contribution in [3.05, 3.63) is 0 Å². The summed E-state index contributed by atoms with van der Waals surface area (Å²) in [6.45, 7) is 10.5. The number of nitrogens with zero attached hydrogens (tertiary/aromatic N) is 1. The van der Waals surface area contributed by atoms with Gasteiger partial charge in [0.05, 0.1) is 12.7 Å². The maximum Gasteiger partial charge on any atom is 0.0700 e. The van der Waals surface area contributed by atoms with Crippen molar-refractivity contribution >= 4 is 0 Å². The summed E-state index contributed by atoms with van der Waals surface area (Å²) in [5.41, 5.74) is 6.33. The van der Waals surface area contributed by atoms with Crippen LogP contribution in [0.5, 0.6) is 0 Å². The molecule has 0 aromatic heterocycles. The minimum Gasteiger partial charge on any atom is -0.376 e. The Labute approximate surface area is 94.0 Å². The Kier molecular flexibility index (Phi) is 5.03. The molecule has 3 heteroatoms. The molecule has 15 heavy (non-hydrogen) atoms. The average Bonchev–Trinajstić information content (AvgIpc) is 2.29. The first kappa shape index (κ1) is 12.9. The van der Waals surface area contributed by atoms with Gasteiger partial charge in [0, 0.05) is 25.2 Å². The molecule has 1 heterocycles. The van der Waals surface area contributed by atoms with Crippen molar-refractivity contribution < 1.29 is 4.74 Å². The maximum atomic E-state index is 6.33. The molecular weight excluding hydrogens is 188 g/mol. The summed E-state index contributed by atoms with van der Waals surface area (Å²) in [6, 6.07) is 0. The van der Waals surface area contributed by atoms with Crippen LogP contribution < -0.4 is 5.73 Å². The Morgan fingerprint density at radius 2 is 2.00 bits per heavy atom. The molecule has 1 saturated heterocycles. The number of rotatable bonds is 5. The third kappa shape index (κ3) is 3.74. The summed E-state index contributed by atoms with van der Waals surface area (Å²) in [6.07, 6.45) is 3.62. The van der Waals surface area contributed by atoms with E-state index in [1.54, 1.807) is 0 Å². The van der Waals surface area contributed by atoms with Crippen molar-refractivity contribution in [3.63, 3.8) is 0 Å². The second kappa shape index (κ2) is 5.83. The standard InChI is InChI=1S/C12H26N2O/c1-4-11-9-14(7-8-15-11)10-12(13,5-2)6-3/h11H,4-10,13H2,1-3H3. The topological polar surface area (TPSA) is 38.5 Å². The third-order valence-corrected chi connectivity index (χ3v) is 3.62. The minimum absolute atomic E-state index is 0.00433. The smallest absolute Gasteiger partial charge is 0.0700 e. The van der Waals surface area contributed by atoms with E-state index >= 15 is 0 Å². The van der Waals surface area contributed by atoms with E-state index in [9.17, 15) is 0 Å². The summed E-state index contributed by atoms with van der Waals surface area (Å²) >= 11 is 0. The van der Waals surface area contributed by atoms with Crippen molar-refractivity contribution in [3.8, 4) is 0 Å². The SMILES string of the molecule is CCC1CN(CC(N)(CC)CC)CCO1. The molecule has 0 aliphatic carbocycles. The van der Waals surface area contributed by atoms with Crippen LogP contribution in [-0.2, 0) is 4.74 Å². The Bertz CT molecular complexity index is 180. The number of hydrogen-bond acceptors (Lipinski definition) is 3. The lowest BCUT2D eigenvalue weighted by Gasteiger charge is -2.38. The van der Waals surface area contributed by atoms with Crippen LogP contribution in [0.3, 0.4) is 0 Å². The van der Waals surface area contributed by atoms with Gasteiger partial charge in [-0.25, -0.2) is 0 Å².